The molecule has 1 heterocycles. The summed E-state index contributed by atoms with van der Waals surface area (Å²) in [5.74, 6) is -0.151. The summed E-state index contributed by atoms with van der Waals surface area (Å²) in [6.45, 7) is 0.994. The SMILES string of the molecule is Fc1ccc2c(c1)NCC1(CCC1)S2. The second kappa shape index (κ2) is 2.89. The van der Waals surface area contributed by atoms with Crippen LogP contribution in [-0.2, 0) is 0 Å². The van der Waals surface area contributed by atoms with E-state index in [1.165, 1.54) is 24.2 Å². The second-order valence-corrected chi connectivity index (χ2v) is 5.64. The normalized spacial score (nSPS) is 22.4. The van der Waals surface area contributed by atoms with E-state index in [1.807, 2.05) is 17.8 Å². The van der Waals surface area contributed by atoms with Gasteiger partial charge in [-0.1, -0.05) is 6.42 Å². The zero-order valence-corrected chi connectivity index (χ0v) is 8.66. The fourth-order valence-corrected chi connectivity index (χ4v) is 3.59. The molecule has 1 N–H and O–H groups in total. The summed E-state index contributed by atoms with van der Waals surface area (Å²) in [7, 11) is 0. The van der Waals surface area contributed by atoms with Crippen LogP contribution in [0.3, 0.4) is 0 Å². The van der Waals surface area contributed by atoms with Gasteiger partial charge in [-0.05, 0) is 31.0 Å². The Kier molecular flexibility index (Phi) is 1.78. The van der Waals surface area contributed by atoms with Gasteiger partial charge in [0.05, 0.1) is 5.69 Å². The number of nitrogens with one attached hydrogen (secondary N) is 1. The minimum Gasteiger partial charge on any atom is -0.383 e. The number of rotatable bonds is 0. The van der Waals surface area contributed by atoms with Crippen LogP contribution in [0.4, 0.5) is 10.1 Å². The minimum atomic E-state index is -0.151. The molecule has 2 aliphatic rings. The van der Waals surface area contributed by atoms with Crippen molar-refractivity contribution in [2.45, 2.75) is 28.9 Å². The molecule has 0 aromatic heterocycles. The first-order valence-corrected chi connectivity index (χ1v) is 5.82. The zero-order chi connectivity index (χ0) is 9.60. The summed E-state index contributed by atoms with van der Waals surface area (Å²) >= 11 is 1.93. The first-order chi connectivity index (χ1) is 6.77. The van der Waals surface area contributed by atoms with Crippen LogP contribution < -0.4 is 5.32 Å². The van der Waals surface area contributed by atoms with Crippen molar-refractivity contribution in [2.75, 3.05) is 11.9 Å². The third kappa shape index (κ3) is 1.22. The molecule has 1 aliphatic carbocycles. The van der Waals surface area contributed by atoms with Crippen LogP contribution in [-0.4, -0.2) is 11.3 Å². The van der Waals surface area contributed by atoms with E-state index < -0.39 is 0 Å². The fourth-order valence-electron chi connectivity index (χ4n) is 2.10. The van der Waals surface area contributed by atoms with Crippen molar-refractivity contribution in [1.82, 2.24) is 0 Å². The number of halogens is 1. The van der Waals surface area contributed by atoms with E-state index in [2.05, 4.69) is 5.32 Å². The molecule has 0 saturated heterocycles. The molecule has 3 heteroatoms. The van der Waals surface area contributed by atoms with Crippen LogP contribution in [0.25, 0.3) is 0 Å². The highest BCUT2D eigenvalue weighted by atomic mass is 32.2. The van der Waals surface area contributed by atoms with Crippen LogP contribution in [0.15, 0.2) is 23.1 Å². The van der Waals surface area contributed by atoms with Crippen molar-refractivity contribution in [3.63, 3.8) is 0 Å². The summed E-state index contributed by atoms with van der Waals surface area (Å²) in [6, 6.07) is 5.03. The topological polar surface area (TPSA) is 12.0 Å². The number of anilines is 1. The third-order valence-corrected chi connectivity index (χ3v) is 4.70. The van der Waals surface area contributed by atoms with Crippen molar-refractivity contribution < 1.29 is 4.39 Å². The molecular weight excluding hydrogens is 197 g/mol. The largest absolute Gasteiger partial charge is 0.383 e. The molecule has 1 aromatic rings. The van der Waals surface area contributed by atoms with Crippen molar-refractivity contribution in [3.8, 4) is 0 Å². The molecule has 14 heavy (non-hydrogen) atoms. The van der Waals surface area contributed by atoms with E-state index in [0.717, 1.165) is 12.2 Å². The van der Waals surface area contributed by atoms with Crippen LogP contribution in [0.5, 0.6) is 0 Å². The molecule has 1 spiro atoms. The second-order valence-electron chi connectivity index (χ2n) is 4.13. The van der Waals surface area contributed by atoms with Gasteiger partial charge in [-0.15, -0.1) is 11.8 Å². The van der Waals surface area contributed by atoms with Crippen molar-refractivity contribution >= 4 is 17.4 Å². The summed E-state index contributed by atoms with van der Waals surface area (Å²) in [5, 5.41) is 3.34. The maximum atomic E-state index is 12.9. The van der Waals surface area contributed by atoms with E-state index in [9.17, 15) is 4.39 Å². The average Bonchev–Trinajstić information content (AvgIpc) is 2.15. The average molecular weight is 209 g/mol. The molecule has 1 nitrogen and oxygen atoms in total. The van der Waals surface area contributed by atoms with Crippen LogP contribution in [0.2, 0.25) is 0 Å². The van der Waals surface area contributed by atoms with E-state index >= 15 is 0 Å². The van der Waals surface area contributed by atoms with Gasteiger partial charge in [-0.2, -0.15) is 0 Å². The number of hydrogen-bond donors (Lipinski definition) is 1. The van der Waals surface area contributed by atoms with Crippen molar-refractivity contribution in [1.29, 1.82) is 0 Å². The van der Waals surface area contributed by atoms with Gasteiger partial charge in [0, 0.05) is 16.2 Å². The van der Waals surface area contributed by atoms with Crippen LogP contribution in [0, 0.1) is 5.82 Å². The lowest BCUT2D eigenvalue weighted by Gasteiger charge is -2.44. The lowest BCUT2D eigenvalue weighted by molar-refractivity contribution is 0.376. The smallest absolute Gasteiger partial charge is 0.125 e. The summed E-state index contributed by atoms with van der Waals surface area (Å²) < 4.78 is 13.4. The van der Waals surface area contributed by atoms with Gasteiger partial charge in [0.15, 0.2) is 0 Å². The van der Waals surface area contributed by atoms with E-state index in [4.69, 9.17) is 0 Å². The Balaban J connectivity index is 1.94. The number of fused-ring (bicyclic) bond motifs is 1. The van der Waals surface area contributed by atoms with E-state index in [1.54, 1.807) is 12.1 Å². The van der Waals surface area contributed by atoms with Crippen LogP contribution >= 0.6 is 11.8 Å². The molecule has 1 aromatic carbocycles. The van der Waals surface area contributed by atoms with Crippen LogP contribution in [0.1, 0.15) is 19.3 Å². The zero-order valence-electron chi connectivity index (χ0n) is 7.85. The molecule has 0 unspecified atom stereocenters. The predicted molar refractivity (Wildman–Crippen MR) is 57.3 cm³/mol. The number of hydrogen-bond acceptors (Lipinski definition) is 2. The third-order valence-electron chi connectivity index (χ3n) is 3.13. The Bertz CT molecular complexity index is 374. The molecule has 1 aliphatic heterocycles. The summed E-state index contributed by atoms with van der Waals surface area (Å²) in [5.41, 5.74) is 0.965. The van der Waals surface area contributed by atoms with E-state index in [-0.39, 0.29) is 5.82 Å². The Hall–Kier alpha value is -0.700. The van der Waals surface area contributed by atoms with Gasteiger partial charge < -0.3 is 5.32 Å². The van der Waals surface area contributed by atoms with E-state index in [0.29, 0.717) is 4.75 Å². The Morgan fingerprint density at radius 3 is 2.93 bits per heavy atom. The van der Waals surface area contributed by atoms with Gasteiger partial charge in [0.1, 0.15) is 5.82 Å². The highest BCUT2D eigenvalue weighted by Crippen LogP contribution is 2.52. The van der Waals surface area contributed by atoms with Gasteiger partial charge in [0.25, 0.3) is 0 Å². The predicted octanol–water partition coefficient (Wildman–Crippen LogP) is 3.27. The highest BCUT2D eigenvalue weighted by Gasteiger charge is 2.40. The highest BCUT2D eigenvalue weighted by molar-refractivity contribution is 8.01. The summed E-state index contributed by atoms with van der Waals surface area (Å²) in [6.07, 6.45) is 3.92. The minimum absolute atomic E-state index is 0.151. The Morgan fingerprint density at radius 2 is 2.21 bits per heavy atom. The lowest BCUT2D eigenvalue weighted by atomic mass is 9.84. The van der Waals surface area contributed by atoms with Gasteiger partial charge >= 0.3 is 0 Å². The van der Waals surface area contributed by atoms with Crippen molar-refractivity contribution in [2.24, 2.45) is 0 Å². The molecule has 1 fully saturated rings. The summed E-state index contributed by atoms with van der Waals surface area (Å²) in [4.78, 5) is 1.21. The maximum absolute atomic E-state index is 12.9. The Labute approximate surface area is 87.1 Å². The van der Waals surface area contributed by atoms with Gasteiger partial charge in [-0.3, -0.25) is 0 Å². The Morgan fingerprint density at radius 1 is 1.36 bits per heavy atom. The molecule has 74 valence electrons. The molecule has 3 rings (SSSR count). The fraction of sp³-hybridized carbons (Fsp3) is 0.455. The number of benzene rings is 1. The molecule has 0 radical (unpaired) electrons. The lowest BCUT2D eigenvalue weighted by Crippen LogP contribution is -2.42. The molecule has 0 bridgehead atoms. The number of thioether (sulfide) groups is 1. The van der Waals surface area contributed by atoms with Gasteiger partial charge in [0.2, 0.25) is 0 Å². The molecule has 1 saturated carbocycles. The molecule has 0 amide bonds. The first-order valence-electron chi connectivity index (χ1n) is 5.00. The standard InChI is InChI=1S/C11H12FNS/c12-8-2-3-10-9(6-8)13-7-11(14-10)4-1-5-11/h2-3,6,13H,1,4-5,7H2. The first kappa shape index (κ1) is 8.60. The molecular formula is C11H12FNS. The maximum Gasteiger partial charge on any atom is 0.125 e. The molecule has 0 atom stereocenters. The van der Waals surface area contributed by atoms with Gasteiger partial charge in [-0.25, -0.2) is 4.39 Å². The monoisotopic (exact) mass is 209 g/mol. The van der Waals surface area contributed by atoms with Crippen molar-refractivity contribution in [3.05, 3.63) is 24.0 Å². The quantitative estimate of drug-likeness (QED) is 0.703.